The Morgan fingerprint density at radius 1 is 0.864 bits per heavy atom. The molecular formula is C31H48N7O18P3. The summed E-state index contributed by atoms with van der Waals surface area (Å²) >= 11 is 0. The van der Waals surface area contributed by atoms with Gasteiger partial charge in [0, 0.05) is 29.8 Å². The van der Waals surface area contributed by atoms with Crippen LogP contribution in [0.4, 0.5) is 5.82 Å². The summed E-state index contributed by atoms with van der Waals surface area (Å²) in [4.78, 5) is 64.7. The van der Waals surface area contributed by atoms with Crippen LogP contribution in [0, 0.1) is 11.8 Å². The van der Waals surface area contributed by atoms with E-state index in [0.29, 0.717) is 12.0 Å². The van der Waals surface area contributed by atoms with Gasteiger partial charge in [0.25, 0.3) is 5.91 Å². The van der Waals surface area contributed by atoms with Crippen molar-refractivity contribution in [1.29, 1.82) is 0 Å². The number of anilines is 1. The van der Waals surface area contributed by atoms with Crippen LogP contribution in [0.2, 0.25) is 0 Å². The first kappa shape index (κ1) is 45.7. The van der Waals surface area contributed by atoms with Gasteiger partial charge in [-0.3, -0.25) is 22.9 Å². The zero-order valence-corrected chi connectivity index (χ0v) is 34.1. The van der Waals surface area contributed by atoms with Gasteiger partial charge < -0.3 is 65.4 Å². The van der Waals surface area contributed by atoms with Gasteiger partial charge in [-0.25, -0.2) is 28.6 Å². The van der Waals surface area contributed by atoms with E-state index in [0.717, 1.165) is 55.7 Å². The molecule has 4 aliphatic rings. The summed E-state index contributed by atoms with van der Waals surface area (Å²) in [5, 5.41) is 46.3. The van der Waals surface area contributed by atoms with Crippen molar-refractivity contribution in [3.05, 3.63) is 36.7 Å². The maximum Gasteiger partial charge on any atom is 0.481 e. The van der Waals surface area contributed by atoms with E-state index >= 15 is 0 Å². The third kappa shape index (κ3) is 10.8. The Morgan fingerprint density at radius 3 is 2.24 bits per heavy atom. The Bertz CT molecular complexity index is 2020. The lowest BCUT2D eigenvalue weighted by molar-refractivity contribution is -0.126. The number of nitrogens with zero attached hydrogens (tertiary/aromatic N) is 5. The minimum absolute atomic E-state index is 0.0120. The molecule has 13 atom stereocenters. The quantitative estimate of drug-likeness (QED) is 0.0654. The van der Waals surface area contributed by atoms with Crippen molar-refractivity contribution in [2.45, 2.75) is 107 Å². The molecule has 2 aromatic rings. The van der Waals surface area contributed by atoms with Crippen LogP contribution in [0.25, 0.3) is 11.2 Å². The number of nitrogens with two attached hydrogens (primary N) is 1. The van der Waals surface area contributed by atoms with E-state index in [9.17, 15) is 48.7 Å². The number of phosphoric acid groups is 3. The molecule has 2 aromatic heterocycles. The van der Waals surface area contributed by atoms with E-state index in [-0.39, 0.29) is 22.9 Å². The van der Waals surface area contributed by atoms with Gasteiger partial charge in [0.05, 0.1) is 19.5 Å². The number of aromatic nitrogens is 4. The highest BCUT2D eigenvalue weighted by Gasteiger charge is 2.52. The number of hydrogen-bond donors (Lipinski definition) is 10. The van der Waals surface area contributed by atoms with Crippen molar-refractivity contribution in [3.63, 3.8) is 0 Å². The van der Waals surface area contributed by atoms with Crippen LogP contribution < -0.4 is 11.1 Å². The number of fused-ring (bicyclic) bond motifs is 2. The third-order valence-corrected chi connectivity index (χ3v) is 13.4. The van der Waals surface area contributed by atoms with E-state index < -0.39 is 104 Å². The van der Waals surface area contributed by atoms with Crippen LogP contribution in [0.1, 0.15) is 58.1 Å². The highest BCUT2D eigenvalue weighted by atomic mass is 31.3. The molecule has 59 heavy (non-hydrogen) atoms. The molecule has 28 heteroatoms. The lowest BCUT2D eigenvalue weighted by atomic mass is 9.77. The molecule has 11 N–H and O–H groups in total. The van der Waals surface area contributed by atoms with Gasteiger partial charge in [-0.05, 0) is 6.42 Å². The number of amides is 1. The normalized spacial score (nSPS) is 33.1. The van der Waals surface area contributed by atoms with Crippen molar-refractivity contribution in [1.82, 2.24) is 29.7 Å². The first-order valence-electron chi connectivity index (χ1n) is 18.6. The second-order valence-corrected chi connectivity index (χ2v) is 18.6. The number of piperidine rings is 1. The Labute approximate surface area is 336 Å². The van der Waals surface area contributed by atoms with E-state index in [2.05, 4.69) is 36.0 Å². The van der Waals surface area contributed by atoms with Crippen molar-refractivity contribution in [2.75, 3.05) is 18.9 Å². The maximum atomic E-state index is 13.4. The topological polar surface area (TPSA) is 370 Å². The molecule has 4 aliphatic heterocycles. The van der Waals surface area contributed by atoms with Gasteiger partial charge in [0.2, 0.25) is 0 Å². The summed E-state index contributed by atoms with van der Waals surface area (Å²) in [6, 6.07) is 0. The first-order chi connectivity index (χ1) is 27.8. The summed E-state index contributed by atoms with van der Waals surface area (Å²) in [5.74, 6) is -1.32. The molecule has 330 valence electrons. The smallest absolute Gasteiger partial charge is 0.387 e. The molecule has 6 heterocycles. The monoisotopic (exact) mass is 899 g/mol. The number of aliphatic hydroxyl groups is 4. The average molecular weight is 900 g/mol. The Balaban J connectivity index is 1.11. The summed E-state index contributed by atoms with van der Waals surface area (Å²) in [7, 11) is -16.2. The number of nitrogens with one attached hydrogen (secondary N) is 1. The molecule has 1 amide bonds. The molecule has 0 spiro atoms. The van der Waals surface area contributed by atoms with E-state index in [1.54, 1.807) is 12.3 Å². The van der Waals surface area contributed by atoms with Crippen molar-refractivity contribution >= 4 is 46.4 Å². The maximum absolute atomic E-state index is 13.4. The van der Waals surface area contributed by atoms with Crippen LogP contribution in [0.3, 0.4) is 0 Å². The molecule has 0 saturated carbocycles. The van der Waals surface area contributed by atoms with Crippen molar-refractivity contribution in [3.8, 4) is 0 Å². The van der Waals surface area contributed by atoms with E-state index in [1.165, 1.54) is 11.1 Å². The molecule has 5 unspecified atom stereocenters. The minimum Gasteiger partial charge on any atom is -0.387 e. The number of hydrogen-bond acceptors (Lipinski definition) is 19. The SMILES string of the molecule is CCCCCCCCC1C(O)NC(=O)C2=CN([C@@H]3O[C@H](COP(=O)(O)O[C@@H]4[C@H](O)[C@@H](COP(=O)(O)OP(=O)(O)O)O[C@H]4n4cnc5c(N)ncnc54)[C@@H](O)[C@H]3O)C=CC21. The van der Waals surface area contributed by atoms with Crippen LogP contribution in [0.5, 0.6) is 0 Å². The molecule has 0 aliphatic carbocycles. The van der Waals surface area contributed by atoms with Crippen LogP contribution >= 0.6 is 23.5 Å². The molecular weight excluding hydrogens is 851 g/mol. The van der Waals surface area contributed by atoms with Crippen molar-refractivity contribution < 1.29 is 85.8 Å². The van der Waals surface area contributed by atoms with Gasteiger partial charge in [0.15, 0.2) is 23.9 Å². The molecule has 3 saturated heterocycles. The van der Waals surface area contributed by atoms with Gasteiger partial charge >= 0.3 is 23.5 Å². The van der Waals surface area contributed by atoms with E-state index in [1.807, 2.05) is 0 Å². The number of ether oxygens (including phenoxy) is 2. The minimum atomic E-state index is -5.51. The molecule has 25 nitrogen and oxygen atoms in total. The summed E-state index contributed by atoms with van der Waals surface area (Å²) in [5.41, 5.74) is 6.20. The van der Waals surface area contributed by atoms with Crippen LogP contribution in [-0.4, -0.2) is 133 Å². The van der Waals surface area contributed by atoms with Gasteiger partial charge in [-0.15, -0.1) is 0 Å². The Morgan fingerprint density at radius 2 is 1.53 bits per heavy atom. The number of nitrogen functional groups attached to an aromatic ring is 1. The van der Waals surface area contributed by atoms with Crippen LogP contribution in [-0.2, 0) is 45.8 Å². The highest BCUT2D eigenvalue weighted by molar-refractivity contribution is 7.60. The largest absolute Gasteiger partial charge is 0.481 e. The molecule has 6 rings (SSSR count). The predicted octanol–water partition coefficient (Wildman–Crippen LogP) is -0.0136. The second-order valence-electron chi connectivity index (χ2n) is 14.4. The second kappa shape index (κ2) is 18.7. The number of carbonyl (C=O) groups excluding carboxylic acids is 1. The summed E-state index contributed by atoms with van der Waals surface area (Å²) in [6.07, 6.45) is -0.443. The third-order valence-electron chi connectivity index (χ3n) is 10.3. The standard InChI is InChI=1S/C31H48N7O18P3/c1-2-3-4-5-6-7-8-17-16-9-10-37(11-18(16)29(43)36-28(17)42)30-24(41)22(39)19(53-30)12-51-58(47,48)55-25-23(40)20(13-52-59(49,50)56-57(44,45)46)54-31(25)38-15-35-21-26(32)33-14-34-27(21)38/h9-11,14-17,19-20,22-25,28,30-31,39-42H,2-8,12-13H2,1H3,(H,36,43)(H,47,48)(H,49,50)(H2,32,33,34)(H2,44,45,46)/t16?,17?,19-,20-,22-,23-,24-,25-,28?,30-,31-/m1/s1. The van der Waals surface area contributed by atoms with Gasteiger partial charge in [-0.2, -0.15) is 4.31 Å². The lowest BCUT2D eigenvalue weighted by Gasteiger charge is -2.40. The highest BCUT2D eigenvalue weighted by Crippen LogP contribution is 2.58. The fourth-order valence-corrected chi connectivity index (χ4v) is 9.92. The van der Waals surface area contributed by atoms with Crippen LogP contribution in [0.15, 0.2) is 36.7 Å². The van der Waals surface area contributed by atoms with E-state index in [4.69, 9.17) is 34.0 Å². The number of rotatable bonds is 19. The zero-order chi connectivity index (χ0) is 42.9. The van der Waals surface area contributed by atoms with Gasteiger partial charge in [0.1, 0.15) is 54.7 Å². The fourth-order valence-electron chi connectivity index (χ4n) is 7.39. The lowest BCUT2D eigenvalue weighted by Crippen LogP contribution is -2.52. The number of phosphoric ester groups is 2. The number of allylic oxidation sites excluding steroid dienone is 1. The molecule has 0 radical (unpaired) electrons. The van der Waals surface area contributed by atoms with Gasteiger partial charge in [-0.1, -0.05) is 51.5 Å². The zero-order valence-electron chi connectivity index (χ0n) is 31.4. The van der Waals surface area contributed by atoms with Crippen molar-refractivity contribution in [2.24, 2.45) is 11.8 Å². The number of imidazole rings is 1. The molecule has 0 aromatic carbocycles. The summed E-state index contributed by atoms with van der Waals surface area (Å²) in [6.45, 7) is 0.199. The first-order valence-corrected chi connectivity index (χ1v) is 23.2. The number of unbranched alkanes of at least 4 members (excludes halogenated alkanes) is 5. The Kier molecular flexibility index (Phi) is 14.5. The number of carbonyl (C=O) groups is 1. The molecule has 0 bridgehead atoms. The Hall–Kier alpha value is -2.77. The number of aliphatic hydroxyl groups excluding tert-OH is 4. The average Bonchev–Trinajstić information content (AvgIpc) is 3.81. The molecule has 3 fully saturated rings. The predicted molar refractivity (Wildman–Crippen MR) is 198 cm³/mol. The summed E-state index contributed by atoms with van der Waals surface area (Å²) < 4.78 is 68.1. The fraction of sp³-hybridized carbons (Fsp3) is 0.677.